The number of carboxylic acid groups (broad SMARTS) is 1. The largest absolute Gasteiger partial charge is 0.481 e. The van der Waals surface area contributed by atoms with Gasteiger partial charge in [-0.2, -0.15) is 0 Å². The normalized spacial score (nSPS) is 39.3. The van der Waals surface area contributed by atoms with Crippen molar-refractivity contribution in [2.75, 3.05) is 0 Å². The van der Waals surface area contributed by atoms with Gasteiger partial charge in [-0.05, 0) is 37.5 Å². The molecule has 2 aliphatic rings. The SMILES string of the molecule is CC1CCC(CC2CC2)(C(=O)O)C1. The van der Waals surface area contributed by atoms with Crippen molar-refractivity contribution in [3.63, 3.8) is 0 Å². The fourth-order valence-corrected chi connectivity index (χ4v) is 2.74. The summed E-state index contributed by atoms with van der Waals surface area (Å²) in [5.41, 5.74) is -0.333. The molecule has 0 amide bonds. The van der Waals surface area contributed by atoms with Crippen LogP contribution in [0.3, 0.4) is 0 Å². The maximum absolute atomic E-state index is 11.2. The summed E-state index contributed by atoms with van der Waals surface area (Å²) < 4.78 is 0. The number of hydrogen-bond acceptors (Lipinski definition) is 1. The molecule has 13 heavy (non-hydrogen) atoms. The lowest BCUT2D eigenvalue weighted by atomic mass is 9.80. The molecule has 2 rings (SSSR count). The van der Waals surface area contributed by atoms with E-state index in [9.17, 15) is 9.90 Å². The van der Waals surface area contributed by atoms with E-state index in [-0.39, 0.29) is 5.41 Å². The lowest BCUT2D eigenvalue weighted by Gasteiger charge is -2.23. The van der Waals surface area contributed by atoms with E-state index in [0.29, 0.717) is 5.92 Å². The highest BCUT2D eigenvalue weighted by atomic mass is 16.4. The maximum atomic E-state index is 11.2. The monoisotopic (exact) mass is 182 g/mol. The van der Waals surface area contributed by atoms with Crippen molar-refractivity contribution in [3.05, 3.63) is 0 Å². The molecule has 0 spiro atoms. The van der Waals surface area contributed by atoms with Gasteiger partial charge in [-0.15, -0.1) is 0 Å². The van der Waals surface area contributed by atoms with Crippen LogP contribution in [0.2, 0.25) is 0 Å². The van der Waals surface area contributed by atoms with Crippen LogP contribution in [0.1, 0.15) is 45.4 Å². The second-order valence-corrected chi connectivity index (χ2v) is 5.08. The van der Waals surface area contributed by atoms with E-state index in [4.69, 9.17) is 0 Å². The number of rotatable bonds is 3. The Morgan fingerprint density at radius 2 is 2.15 bits per heavy atom. The molecule has 2 nitrogen and oxygen atoms in total. The van der Waals surface area contributed by atoms with E-state index in [1.54, 1.807) is 0 Å². The summed E-state index contributed by atoms with van der Waals surface area (Å²) in [7, 11) is 0. The van der Waals surface area contributed by atoms with Gasteiger partial charge in [0.2, 0.25) is 0 Å². The Labute approximate surface area is 79.3 Å². The lowest BCUT2D eigenvalue weighted by Crippen LogP contribution is -2.28. The average Bonchev–Trinajstić information content (AvgIpc) is 2.76. The van der Waals surface area contributed by atoms with Gasteiger partial charge in [0.1, 0.15) is 0 Å². The first kappa shape index (κ1) is 9.04. The van der Waals surface area contributed by atoms with Gasteiger partial charge in [-0.1, -0.05) is 19.8 Å². The molecule has 74 valence electrons. The average molecular weight is 182 g/mol. The molecule has 0 aromatic heterocycles. The van der Waals surface area contributed by atoms with Crippen LogP contribution in [-0.2, 0) is 4.79 Å². The molecule has 0 aromatic carbocycles. The van der Waals surface area contributed by atoms with Gasteiger partial charge in [0.05, 0.1) is 5.41 Å². The minimum atomic E-state index is -0.538. The van der Waals surface area contributed by atoms with E-state index in [0.717, 1.165) is 31.6 Å². The number of aliphatic carboxylic acids is 1. The van der Waals surface area contributed by atoms with Gasteiger partial charge >= 0.3 is 5.97 Å². The van der Waals surface area contributed by atoms with Gasteiger partial charge in [-0.3, -0.25) is 4.79 Å². The third-order valence-electron chi connectivity index (χ3n) is 3.68. The molecule has 2 heteroatoms. The Morgan fingerprint density at radius 1 is 1.46 bits per heavy atom. The highest BCUT2D eigenvalue weighted by Gasteiger charge is 2.47. The van der Waals surface area contributed by atoms with E-state index in [1.807, 2.05) is 0 Å². The summed E-state index contributed by atoms with van der Waals surface area (Å²) in [4.78, 5) is 11.2. The topological polar surface area (TPSA) is 37.3 Å². The standard InChI is InChI=1S/C11H18O2/c1-8-4-5-11(6-8,10(12)13)7-9-2-3-9/h8-9H,2-7H2,1H3,(H,12,13). The van der Waals surface area contributed by atoms with Gasteiger partial charge in [-0.25, -0.2) is 0 Å². The zero-order valence-corrected chi connectivity index (χ0v) is 8.25. The fourth-order valence-electron chi connectivity index (χ4n) is 2.74. The summed E-state index contributed by atoms with van der Waals surface area (Å²) in [6, 6.07) is 0. The first-order valence-electron chi connectivity index (χ1n) is 5.36. The predicted octanol–water partition coefficient (Wildman–Crippen LogP) is 2.68. The summed E-state index contributed by atoms with van der Waals surface area (Å²) in [5, 5.41) is 9.26. The Hall–Kier alpha value is -0.530. The van der Waals surface area contributed by atoms with Crippen molar-refractivity contribution >= 4 is 5.97 Å². The van der Waals surface area contributed by atoms with Crippen LogP contribution in [-0.4, -0.2) is 11.1 Å². The third kappa shape index (κ3) is 1.72. The molecule has 0 aromatic rings. The van der Waals surface area contributed by atoms with Gasteiger partial charge < -0.3 is 5.11 Å². The number of carboxylic acids is 1. The lowest BCUT2D eigenvalue weighted by molar-refractivity contribution is -0.149. The zero-order valence-electron chi connectivity index (χ0n) is 8.25. The Bertz CT molecular complexity index is 220. The molecular weight excluding hydrogens is 164 g/mol. The minimum absolute atomic E-state index is 0.333. The molecule has 2 unspecified atom stereocenters. The number of carbonyl (C=O) groups is 1. The van der Waals surface area contributed by atoms with Crippen molar-refractivity contribution in [2.45, 2.75) is 45.4 Å². The van der Waals surface area contributed by atoms with Crippen LogP contribution in [0.15, 0.2) is 0 Å². The first-order valence-corrected chi connectivity index (χ1v) is 5.36. The van der Waals surface area contributed by atoms with E-state index in [2.05, 4.69) is 6.92 Å². The van der Waals surface area contributed by atoms with Crippen LogP contribution in [0, 0.1) is 17.3 Å². The molecule has 0 radical (unpaired) electrons. The molecule has 1 N–H and O–H groups in total. The highest BCUT2D eigenvalue weighted by molar-refractivity contribution is 5.75. The van der Waals surface area contributed by atoms with Crippen molar-refractivity contribution in [1.82, 2.24) is 0 Å². The van der Waals surface area contributed by atoms with Gasteiger partial charge in [0, 0.05) is 0 Å². The van der Waals surface area contributed by atoms with E-state index in [1.165, 1.54) is 12.8 Å². The summed E-state index contributed by atoms with van der Waals surface area (Å²) in [5.74, 6) is 0.819. The molecule has 2 saturated carbocycles. The molecule has 2 fully saturated rings. The Morgan fingerprint density at radius 3 is 2.54 bits per heavy atom. The molecule has 0 heterocycles. The minimum Gasteiger partial charge on any atom is -0.481 e. The maximum Gasteiger partial charge on any atom is 0.309 e. The molecule has 0 aliphatic heterocycles. The van der Waals surface area contributed by atoms with Crippen LogP contribution in [0.25, 0.3) is 0 Å². The van der Waals surface area contributed by atoms with Gasteiger partial charge in [0.25, 0.3) is 0 Å². The molecule has 0 bridgehead atoms. The van der Waals surface area contributed by atoms with Gasteiger partial charge in [0.15, 0.2) is 0 Å². The van der Waals surface area contributed by atoms with Crippen molar-refractivity contribution in [1.29, 1.82) is 0 Å². The Kier molecular flexibility index (Phi) is 2.09. The molecule has 0 saturated heterocycles. The molecular formula is C11H18O2. The van der Waals surface area contributed by atoms with E-state index < -0.39 is 5.97 Å². The number of hydrogen-bond donors (Lipinski definition) is 1. The molecule has 2 aliphatic carbocycles. The zero-order chi connectivity index (χ0) is 9.47. The van der Waals surface area contributed by atoms with Crippen molar-refractivity contribution < 1.29 is 9.90 Å². The quantitative estimate of drug-likeness (QED) is 0.728. The van der Waals surface area contributed by atoms with E-state index >= 15 is 0 Å². The van der Waals surface area contributed by atoms with Crippen LogP contribution >= 0.6 is 0 Å². The third-order valence-corrected chi connectivity index (χ3v) is 3.68. The Balaban J connectivity index is 2.05. The summed E-state index contributed by atoms with van der Waals surface area (Å²) in [6.45, 7) is 2.18. The second-order valence-electron chi connectivity index (χ2n) is 5.08. The van der Waals surface area contributed by atoms with Crippen molar-refractivity contribution in [3.8, 4) is 0 Å². The fraction of sp³-hybridized carbons (Fsp3) is 0.909. The smallest absolute Gasteiger partial charge is 0.309 e. The summed E-state index contributed by atoms with van der Waals surface area (Å²) >= 11 is 0. The summed E-state index contributed by atoms with van der Waals surface area (Å²) in [6.07, 6.45) is 6.43. The second kappa shape index (κ2) is 3.00. The first-order chi connectivity index (χ1) is 6.12. The van der Waals surface area contributed by atoms with Crippen LogP contribution < -0.4 is 0 Å². The van der Waals surface area contributed by atoms with Crippen LogP contribution in [0.5, 0.6) is 0 Å². The highest BCUT2D eigenvalue weighted by Crippen LogP contribution is 2.50. The van der Waals surface area contributed by atoms with Crippen molar-refractivity contribution in [2.24, 2.45) is 17.3 Å². The predicted molar refractivity (Wildman–Crippen MR) is 50.4 cm³/mol. The van der Waals surface area contributed by atoms with Crippen LogP contribution in [0.4, 0.5) is 0 Å². The molecule has 2 atom stereocenters.